The van der Waals surface area contributed by atoms with Crippen LogP contribution in [0.15, 0.2) is 48.5 Å². The predicted octanol–water partition coefficient (Wildman–Crippen LogP) is 4.96. The van der Waals surface area contributed by atoms with Crippen LogP contribution in [-0.2, 0) is 12.8 Å². The van der Waals surface area contributed by atoms with Gasteiger partial charge in [-0.3, -0.25) is 4.79 Å². The number of aromatic carboxylic acids is 1. The topological polar surface area (TPSA) is 66.4 Å². The van der Waals surface area contributed by atoms with Crippen LogP contribution in [0.1, 0.15) is 66.5 Å². The second-order valence-electron chi connectivity index (χ2n) is 7.44. The van der Waals surface area contributed by atoms with Crippen molar-refractivity contribution >= 4 is 23.2 Å². The summed E-state index contributed by atoms with van der Waals surface area (Å²) in [6, 6.07) is 12.2. The normalized spacial score (nSPS) is 13.1. The molecule has 2 aromatic carbocycles. The molecule has 2 N–H and O–H groups in total. The van der Waals surface area contributed by atoms with Crippen molar-refractivity contribution in [3.63, 3.8) is 0 Å². The van der Waals surface area contributed by atoms with Gasteiger partial charge in [-0.25, -0.2) is 9.18 Å². The summed E-state index contributed by atoms with van der Waals surface area (Å²) in [5.74, 6) is 4.66. The third kappa shape index (κ3) is 4.52. The number of nitrogens with one attached hydrogen (secondary N) is 1. The molecular formula is C25H20FNO3S. The fourth-order valence-corrected chi connectivity index (χ4v) is 4.90. The molecule has 0 saturated carbocycles. The van der Waals surface area contributed by atoms with E-state index in [1.165, 1.54) is 29.1 Å². The zero-order valence-electron chi connectivity index (χ0n) is 16.9. The van der Waals surface area contributed by atoms with Gasteiger partial charge in [0.15, 0.2) is 0 Å². The largest absolute Gasteiger partial charge is 0.478 e. The standard InChI is InChI=1S/C25H20FNO3S/c1-15(17-8-10-18(11-9-17)25(29)30)27-24(28)23-20-3-2-4-21(20)31-22(23)14-7-16-5-12-19(26)13-6-16/h5-6,8-13,15H,2-4H2,1H3,(H,27,28)(H,29,30)/t15-/m0/s1. The molecule has 0 saturated heterocycles. The molecule has 0 fully saturated rings. The van der Waals surface area contributed by atoms with Crippen LogP contribution in [-0.4, -0.2) is 17.0 Å². The molecule has 0 radical (unpaired) electrons. The van der Waals surface area contributed by atoms with E-state index in [9.17, 15) is 14.0 Å². The van der Waals surface area contributed by atoms with Crippen molar-refractivity contribution in [2.24, 2.45) is 0 Å². The average Bonchev–Trinajstić information content (AvgIpc) is 3.34. The Bertz CT molecular complexity index is 1200. The summed E-state index contributed by atoms with van der Waals surface area (Å²) < 4.78 is 13.1. The number of rotatable bonds is 4. The highest BCUT2D eigenvalue weighted by atomic mass is 32.1. The quantitative estimate of drug-likeness (QED) is 0.571. The highest BCUT2D eigenvalue weighted by molar-refractivity contribution is 7.13. The van der Waals surface area contributed by atoms with Crippen LogP contribution in [0.2, 0.25) is 0 Å². The molecule has 1 heterocycles. The number of hydrogen-bond donors (Lipinski definition) is 2. The maximum Gasteiger partial charge on any atom is 0.335 e. The smallest absolute Gasteiger partial charge is 0.335 e. The van der Waals surface area contributed by atoms with Crippen LogP contribution in [0.5, 0.6) is 0 Å². The van der Waals surface area contributed by atoms with Gasteiger partial charge in [-0.15, -0.1) is 11.3 Å². The van der Waals surface area contributed by atoms with E-state index in [2.05, 4.69) is 17.2 Å². The van der Waals surface area contributed by atoms with Crippen LogP contribution in [0.4, 0.5) is 4.39 Å². The molecule has 4 rings (SSSR count). The number of hydrogen-bond acceptors (Lipinski definition) is 3. The highest BCUT2D eigenvalue weighted by Crippen LogP contribution is 2.35. The second kappa shape index (κ2) is 8.75. The van der Waals surface area contributed by atoms with Gasteiger partial charge in [0.1, 0.15) is 5.82 Å². The Hall–Kier alpha value is -3.43. The van der Waals surface area contributed by atoms with E-state index in [4.69, 9.17) is 5.11 Å². The molecule has 0 bridgehead atoms. The number of benzene rings is 2. The summed E-state index contributed by atoms with van der Waals surface area (Å²) in [6.07, 6.45) is 2.83. The zero-order chi connectivity index (χ0) is 22.0. The number of halogens is 1. The molecule has 3 aromatic rings. The Labute approximate surface area is 183 Å². The molecule has 1 amide bonds. The summed E-state index contributed by atoms with van der Waals surface area (Å²) >= 11 is 1.55. The van der Waals surface area contributed by atoms with Gasteiger partial charge in [0.25, 0.3) is 5.91 Å². The van der Waals surface area contributed by atoms with Gasteiger partial charge < -0.3 is 10.4 Å². The Balaban J connectivity index is 1.59. The molecule has 1 aromatic heterocycles. The molecule has 1 aliphatic rings. The fourth-order valence-electron chi connectivity index (χ4n) is 3.66. The minimum Gasteiger partial charge on any atom is -0.478 e. The number of carboxylic acids is 1. The number of thiophene rings is 1. The van der Waals surface area contributed by atoms with E-state index in [0.717, 1.165) is 35.3 Å². The molecule has 4 nitrogen and oxygen atoms in total. The lowest BCUT2D eigenvalue weighted by Gasteiger charge is -2.15. The van der Waals surface area contributed by atoms with Crippen LogP contribution < -0.4 is 5.32 Å². The van der Waals surface area contributed by atoms with Crippen molar-refractivity contribution in [2.75, 3.05) is 0 Å². The SMILES string of the molecule is C[C@H](NC(=O)c1c(C#Cc2ccc(F)cc2)sc2c1CCC2)c1ccc(C(=O)O)cc1. The van der Waals surface area contributed by atoms with Crippen LogP contribution in [0, 0.1) is 17.7 Å². The van der Waals surface area contributed by atoms with E-state index in [0.29, 0.717) is 11.1 Å². The minimum absolute atomic E-state index is 0.183. The van der Waals surface area contributed by atoms with Gasteiger partial charge in [-0.1, -0.05) is 18.1 Å². The first-order chi connectivity index (χ1) is 14.9. The number of carbonyl (C=O) groups is 2. The van der Waals surface area contributed by atoms with Gasteiger partial charge in [-0.2, -0.15) is 0 Å². The number of fused-ring (bicyclic) bond motifs is 1. The molecular weight excluding hydrogens is 413 g/mol. The number of carbonyl (C=O) groups excluding carboxylic acids is 1. The monoisotopic (exact) mass is 433 g/mol. The molecule has 156 valence electrons. The van der Waals surface area contributed by atoms with E-state index < -0.39 is 5.97 Å². The third-order valence-electron chi connectivity index (χ3n) is 5.32. The highest BCUT2D eigenvalue weighted by Gasteiger charge is 2.26. The van der Waals surface area contributed by atoms with Crippen molar-refractivity contribution in [3.05, 3.63) is 91.9 Å². The van der Waals surface area contributed by atoms with Gasteiger partial charge in [0, 0.05) is 10.4 Å². The molecule has 1 atom stereocenters. The lowest BCUT2D eigenvalue weighted by molar-refractivity contribution is 0.0696. The van der Waals surface area contributed by atoms with Crippen molar-refractivity contribution in [1.29, 1.82) is 0 Å². The second-order valence-corrected chi connectivity index (χ2v) is 8.55. The summed E-state index contributed by atoms with van der Waals surface area (Å²) in [7, 11) is 0. The predicted molar refractivity (Wildman–Crippen MR) is 118 cm³/mol. The Morgan fingerprint density at radius 3 is 2.45 bits per heavy atom. The number of amides is 1. The van der Waals surface area contributed by atoms with Crippen LogP contribution >= 0.6 is 11.3 Å². The average molecular weight is 434 g/mol. The Kier molecular flexibility index (Phi) is 5.88. The Morgan fingerprint density at radius 1 is 1.06 bits per heavy atom. The van der Waals surface area contributed by atoms with Crippen molar-refractivity contribution in [3.8, 4) is 11.8 Å². The first-order valence-electron chi connectivity index (χ1n) is 9.98. The van der Waals surface area contributed by atoms with Crippen LogP contribution in [0.3, 0.4) is 0 Å². The molecule has 1 aliphatic carbocycles. The van der Waals surface area contributed by atoms with Gasteiger partial charge in [0.2, 0.25) is 0 Å². The summed E-state index contributed by atoms with van der Waals surface area (Å²) in [5.41, 5.74) is 3.41. The summed E-state index contributed by atoms with van der Waals surface area (Å²) in [6.45, 7) is 1.87. The van der Waals surface area contributed by atoms with E-state index >= 15 is 0 Å². The molecule has 31 heavy (non-hydrogen) atoms. The molecule has 0 spiro atoms. The third-order valence-corrected chi connectivity index (χ3v) is 6.53. The Morgan fingerprint density at radius 2 is 1.77 bits per heavy atom. The van der Waals surface area contributed by atoms with Crippen molar-refractivity contribution < 1.29 is 19.1 Å². The molecule has 0 aliphatic heterocycles. The lowest BCUT2D eigenvalue weighted by Crippen LogP contribution is -2.27. The summed E-state index contributed by atoms with van der Waals surface area (Å²) in [4.78, 5) is 26.2. The van der Waals surface area contributed by atoms with E-state index in [1.54, 1.807) is 35.6 Å². The minimum atomic E-state index is -0.985. The van der Waals surface area contributed by atoms with Crippen LogP contribution in [0.25, 0.3) is 0 Å². The summed E-state index contributed by atoms with van der Waals surface area (Å²) in [5, 5.41) is 12.1. The maximum atomic E-state index is 13.2. The van der Waals surface area contributed by atoms with Gasteiger partial charge in [0.05, 0.1) is 22.0 Å². The molecule has 0 unspecified atom stereocenters. The van der Waals surface area contributed by atoms with Gasteiger partial charge >= 0.3 is 5.97 Å². The maximum absolute atomic E-state index is 13.2. The van der Waals surface area contributed by atoms with E-state index in [1.807, 2.05) is 6.92 Å². The number of aryl methyl sites for hydroxylation is 1. The lowest BCUT2D eigenvalue weighted by atomic mass is 10.0. The molecule has 6 heteroatoms. The first-order valence-corrected chi connectivity index (χ1v) is 10.8. The van der Waals surface area contributed by atoms with Gasteiger partial charge in [-0.05, 0) is 79.6 Å². The zero-order valence-corrected chi connectivity index (χ0v) is 17.7. The van der Waals surface area contributed by atoms with E-state index in [-0.39, 0.29) is 23.3 Å². The van der Waals surface area contributed by atoms with Crippen molar-refractivity contribution in [2.45, 2.75) is 32.2 Å². The van der Waals surface area contributed by atoms with Crippen molar-refractivity contribution in [1.82, 2.24) is 5.32 Å². The first kappa shape index (κ1) is 20.8. The fraction of sp³-hybridized carbons (Fsp3) is 0.200. The number of carboxylic acid groups (broad SMARTS) is 1.